The molecule has 0 unspecified atom stereocenters. The molecule has 8 heteroatoms. The van der Waals surface area contributed by atoms with Crippen LogP contribution in [0.25, 0.3) is 0 Å². The summed E-state index contributed by atoms with van der Waals surface area (Å²) in [5, 5.41) is 2.81. The van der Waals surface area contributed by atoms with Gasteiger partial charge < -0.3 is 10.1 Å². The van der Waals surface area contributed by atoms with E-state index in [0.29, 0.717) is 18.0 Å². The molecule has 0 radical (unpaired) electrons. The van der Waals surface area contributed by atoms with Gasteiger partial charge in [-0.15, -0.1) is 11.8 Å². The van der Waals surface area contributed by atoms with Crippen molar-refractivity contribution in [2.24, 2.45) is 0 Å². The molecule has 0 bridgehead atoms. The summed E-state index contributed by atoms with van der Waals surface area (Å²) >= 11 is 1.68. The number of thioether (sulfide) groups is 1. The lowest BCUT2D eigenvalue weighted by Gasteiger charge is -2.16. The number of benzene rings is 2. The van der Waals surface area contributed by atoms with E-state index in [1.807, 2.05) is 6.92 Å². The summed E-state index contributed by atoms with van der Waals surface area (Å²) in [6.07, 6.45) is 1.14. The molecule has 2 rings (SSSR count). The van der Waals surface area contributed by atoms with Crippen LogP contribution in [0.3, 0.4) is 0 Å². The van der Waals surface area contributed by atoms with Crippen molar-refractivity contribution in [3.8, 4) is 5.75 Å². The van der Waals surface area contributed by atoms with Crippen LogP contribution in [0.5, 0.6) is 5.75 Å². The highest BCUT2D eigenvalue weighted by Gasteiger charge is 2.11. The fourth-order valence-corrected chi connectivity index (χ4v) is 3.41. The largest absolute Gasteiger partial charge is 0.484 e. The molecule has 0 spiro atoms. The Kier molecular flexibility index (Phi) is 7.55. The van der Waals surface area contributed by atoms with E-state index in [1.54, 1.807) is 36.0 Å². The van der Waals surface area contributed by atoms with Crippen LogP contribution < -0.4 is 14.4 Å². The number of sulfonamides is 1. The zero-order valence-corrected chi connectivity index (χ0v) is 17.3. The first-order valence-corrected chi connectivity index (χ1v) is 11.2. The molecular weight excluding hydrogens is 384 g/mol. The number of nitrogens with one attached hydrogen (secondary N) is 1. The summed E-state index contributed by atoms with van der Waals surface area (Å²) in [6, 6.07) is 14.8. The van der Waals surface area contributed by atoms with Gasteiger partial charge in [0.25, 0.3) is 5.91 Å². The lowest BCUT2D eigenvalue weighted by Crippen LogP contribution is -2.30. The molecule has 0 saturated carbocycles. The maximum atomic E-state index is 11.8. The predicted octanol–water partition coefficient (Wildman–Crippen LogP) is 2.68. The first kappa shape index (κ1) is 21.1. The van der Waals surface area contributed by atoms with Crippen molar-refractivity contribution in [3.63, 3.8) is 0 Å². The fourth-order valence-electron chi connectivity index (χ4n) is 2.14. The van der Waals surface area contributed by atoms with Crippen molar-refractivity contribution in [1.82, 2.24) is 5.32 Å². The Bertz CT molecular complexity index is 850. The lowest BCUT2D eigenvalue weighted by atomic mass is 10.2. The van der Waals surface area contributed by atoms with Gasteiger partial charge >= 0.3 is 0 Å². The van der Waals surface area contributed by atoms with Crippen molar-refractivity contribution in [1.29, 1.82) is 0 Å². The second kappa shape index (κ2) is 9.66. The van der Waals surface area contributed by atoms with Crippen molar-refractivity contribution in [3.05, 3.63) is 54.1 Å². The average molecular weight is 409 g/mol. The van der Waals surface area contributed by atoms with Crippen LogP contribution >= 0.6 is 11.8 Å². The van der Waals surface area contributed by atoms with E-state index in [0.717, 1.165) is 12.0 Å². The molecule has 0 heterocycles. The Labute approximate surface area is 165 Å². The van der Waals surface area contributed by atoms with Gasteiger partial charge in [-0.05, 0) is 43.3 Å². The molecule has 0 aromatic heterocycles. The van der Waals surface area contributed by atoms with Gasteiger partial charge in [0.15, 0.2) is 6.61 Å². The molecule has 0 atom stereocenters. The van der Waals surface area contributed by atoms with Crippen LogP contribution in [0.15, 0.2) is 53.4 Å². The molecule has 2 aromatic rings. The first-order chi connectivity index (χ1) is 12.8. The van der Waals surface area contributed by atoms with Crippen LogP contribution in [0.4, 0.5) is 5.69 Å². The molecule has 27 heavy (non-hydrogen) atoms. The lowest BCUT2D eigenvalue weighted by molar-refractivity contribution is -0.122. The maximum absolute atomic E-state index is 11.8. The number of carbonyl (C=O) groups is 1. The van der Waals surface area contributed by atoms with E-state index in [2.05, 4.69) is 29.6 Å². The molecule has 1 amide bonds. The van der Waals surface area contributed by atoms with E-state index in [9.17, 15) is 13.2 Å². The van der Waals surface area contributed by atoms with Crippen molar-refractivity contribution < 1.29 is 17.9 Å². The number of hydrogen-bond donors (Lipinski definition) is 1. The van der Waals surface area contributed by atoms with Crippen molar-refractivity contribution in [2.75, 3.05) is 36.5 Å². The van der Waals surface area contributed by atoms with Gasteiger partial charge in [0.05, 0.1) is 11.9 Å². The Morgan fingerprint density at radius 1 is 1.11 bits per heavy atom. The third-order valence-corrected chi connectivity index (χ3v) is 6.00. The molecule has 0 saturated heterocycles. The topological polar surface area (TPSA) is 75.7 Å². The number of rotatable bonds is 9. The van der Waals surface area contributed by atoms with Gasteiger partial charge in [0.1, 0.15) is 5.75 Å². The van der Waals surface area contributed by atoms with E-state index in [1.165, 1.54) is 21.8 Å². The number of hydrogen-bond acceptors (Lipinski definition) is 5. The van der Waals surface area contributed by atoms with Gasteiger partial charge in [0, 0.05) is 24.2 Å². The van der Waals surface area contributed by atoms with Crippen LogP contribution in [-0.4, -0.2) is 46.5 Å². The van der Waals surface area contributed by atoms with Crippen LogP contribution in [0.1, 0.15) is 5.56 Å². The summed E-state index contributed by atoms with van der Waals surface area (Å²) in [4.78, 5) is 13.0. The first-order valence-electron chi connectivity index (χ1n) is 8.38. The number of carbonyl (C=O) groups excluding carboxylic acids is 1. The molecule has 6 nitrogen and oxygen atoms in total. The molecule has 0 aliphatic rings. The van der Waals surface area contributed by atoms with Crippen LogP contribution in [0.2, 0.25) is 0 Å². The maximum Gasteiger partial charge on any atom is 0.257 e. The summed E-state index contributed by atoms with van der Waals surface area (Å²) in [7, 11) is -1.82. The van der Waals surface area contributed by atoms with Crippen LogP contribution in [-0.2, 0) is 14.8 Å². The predicted molar refractivity (Wildman–Crippen MR) is 110 cm³/mol. The Morgan fingerprint density at radius 3 is 2.33 bits per heavy atom. The normalized spacial score (nSPS) is 11.1. The number of nitrogens with zero attached hydrogens (tertiary/aromatic N) is 1. The third kappa shape index (κ3) is 7.15. The number of anilines is 1. The van der Waals surface area contributed by atoms with Crippen LogP contribution in [0, 0.1) is 6.92 Å². The van der Waals surface area contributed by atoms with Crippen molar-refractivity contribution >= 4 is 33.4 Å². The Balaban J connectivity index is 1.70. The second-order valence-corrected chi connectivity index (χ2v) is 9.21. The molecule has 0 fully saturated rings. The number of amides is 1. The SMILES string of the molecule is Cc1ccc(SCCNC(=O)COc2ccc(N(C)S(C)(=O)=O)cc2)cc1. The zero-order valence-electron chi connectivity index (χ0n) is 15.6. The molecule has 1 N–H and O–H groups in total. The second-order valence-electron chi connectivity index (χ2n) is 6.02. The average Bonchev–Trinajstić information content (AvgIpc) is 2.64. The summed E-state index contributed by atoms with van der Waals surface area (Å²) in [5.74, 6) is 1.09. The van der Waals surface area contributed by atoms with E-state index >= 15 is 0 Å². The zero-order chi connectivity index (χ0) is 19.9. The molecule has 2 aromatic carbocycles. The minimum Gasteiger partial charge on any atom is -0.484 e. The monoisotopic (exact) mass is 408 g/mol. The van der Waals surface area contributed by atoms with Crippen molar-refractivity contribution in [2.45, 2.75) is 11.8 Å². The number of aryl methyl sites for hydroxylation is 1. The highest BCUT2D eigenvalue weighted by molar-refractivity contribution is 7.99. The Hall–Kier alpha value is -2.19. The molecule has 0 aliphatic heterocycles. The highest BCUT2D eigenvalue weighted by atomic mass is 32.2. The highest BCUT2D eigenvalue weighted by Crippen LogP contribution is 2.20. The minimum atomic E-state index is -3.30. The van der Waals surface area contributed by atoms with E-state index < -0.39 is 10.0 Å². The standard InChI is InChI=1S/C19H24N2O4S2/c1-15-4-10-18(11-5-15)26-13-12-20-19(22)14-25-17-8-6-16(7-9-17)21(2)27(3,23)24/h4-11H,12-14H2,1-3H3,(H,20,22). The third-order valence-electron chi connectivity index (χ3n) is 3.78. The quantitative estimate of drug-likeness (QED) is 0.510. The molecular formula is C19H24N2O4S2. The fraction of sp³-hybridized carbons (Fsp3) is 0.316. The summed E-state index contributed by atoms with van der Waals surface area (Å²) in [5.41, 5.74) is 1.75. The smallest absolute Gasteiger partial charge is 0.257 e. The molecule has 0 aliphatic carbocycles. The van der Waals surface area contributed by atoms with Gasteiger partial charge in [-0.2, -0.15) is 0 Å². The summed E-state index contributed by atoms with van der Waals surface area (Å²) < 4.78 is 29.6. The van der Waals surface area contributed by atoms with E-state index in [4.69, 9.17) is 4.74 Å². The Morgan fingerprint density at radius 2 is 1.74 bits per heavy atom. The summed E-state index contributed by atoms with van der Waals surface area (Å²) in [6.45, 7) is 2.52. The minimum absolute atomic E-state index is 0.0868. The van der Waals surface area contributed by atoms with Gasteiger partial charge in [-0.1, -0.05) is 17.7 Å². The van der Waals surface area contributed by atoms with Gasteiger partial charge in [0.2, 0.25) is 10.0 Å². The van der Waals surface area contributed by atoms with E-state index in [-0.39, 0.29) is 12.5 Å². The van der Waals surface area contributed by atoms with Gasteiger partial charge in [-0.25, -0.2) is 8.42 Å². The number of ether oxygens (including phenoxy) is 1. The van der Waals surface area contributed by atoms with Gasteiger partial charge in [-0.3, -0.25) is 9.10 Å². The molecule has 146 valence electrons.